The normalized spacial score (nSPS) is 20.0. The average molecular weight is 256 g/mol. The number of nitrogens with zero attached hydrogens (tertiary/aromatic N) is 2. The van der Waals surface area contributed by atoms with Crippen LogP contribution in [0.25, 0.3) is 0 Å². The zero-order valence-corrected chi connectivity index (χ0v) is 10.4. The highest BCUT2D eigenvalue weighted by molar-refractivity contribution is 5.49. The van der Waals surface area contributed by atoms with E-state index in [1.54, 1.807) is 0 Å². The van der Waals surface area contributed by atoms with E-state index in [1.165, 1.54) is 0 Å². The van der Waals surface area contributed by atoms with E-state index in [2.05, 4.69) is 17.3 Å². The maximum Gasteiger partial charge on any atom is 0.178 e. The van der Waals surface area contributed by atoms with Gasteiger partial charge in [0.25, 0.3) is 0 Å². The van der Waals surface area contributed by atoms with Crippen LogP contribution < -0.4 is 16.2 Å². The third-order valence-corrected chi connectivity index (χ3v) is 3.42. The SMILES string of the molecule is CCC1CCCCN1c1nc(NN)c(F)cc1F. The quantitative estimate of drug-likeness (QED) is 0.644. The molecule has 2 rings (SSSR count). The van der Waals surface area contributed by atoms with Gasteiger partial charge in [-0.1, -0.05) is 6.92 Å². The number of pyridine rings is 1. The van der Waals surface area contributed by atoms with E-state index in [1.807, 2.05) is 4.90 Å². The van der Waals surface area contributed by atoms with Gasteiger partial charge in [-0.05, 0) is 25.7 Å². The number of aromatic nitrogens is 1. The predicted octanol–water partition coefficient (Wildman–Crippen LogP) is 2.41. The highest BCUT2D eigenvalue weighted by atomic mass is 19.1. The van der Waals surface area contributed by atoms with E-state index in [-0.39, 0.29) is 17.7 Å². The van der Waals surface area contributed by atoms with E-state index in [4.69, 9.17) is 5.84 Å². The molecule has 0 spiro atoms. The molecule has 18 heavy (non-hydrogen) atoms. The molecule has 1 saturated heterocycles. The number of nitrogens with one attached hydrogen (secondary N) is 1. The van der Waals surface area contributed by atoms with Crippen LogP contribution >= 0.6 is 0 Å². The Morgan fingerprint density at radius 1 is 1.44 bits per heavy atom. The van der Waals surface area contributed by atoms with E-state index in [0.29, 0.717) is 0 Å². The van der Waals surface area contributed by atoms with E-state index >= 15 is 0 Å². The molecule has 6 heteroatoms. The Kier molecular flexibility index (Phi) is 3.96. The first kappa shape index (κ1) is 13.0. The lowest BCUT2D eigenvalue weighted by molar-refractivity contribution is 0.438. The molecule has 1 aliphatic heterocycles. The molecule has 0 aliphatic carbocycles. The monoisotopic (exact) mass is 256 g/mol. The van der Waals surface area contributed by atoms with Crippen molar-refractivity contribution in [3.63, 3.8) is 0 Å². The van der Waals surface area contributed by atoms with Crippen molar-refractivity contribution in [1.82, 2.24) is 4.98 Å². The van der Waals surface area contributed by atoms with Gasteiger partial charge >= 0.3 is 0 Å². The van der Waals surface area contributed by atoms with Gasteiger partial charge in [-0.15, -0.1) is 0 Å². The smallest absolute Gasteiger partial charge is 0.178 e. The zero-order valence-electron chi connectivity index (χ0n) is 10.4. The van der Waals surface area contributed by atoms with E-state index < -0.39 is 11.6 Å². The average Bonchev–Trinajstić information content (AvgIpc) is 2.39. The molecule has 0 radical (unpaired) electrons. The largest absolute Gasteiger partial charge is 0.351 e. The topological polar surface area (TPSA) is 54.2 Å². The summed E-state index contributed by atoms with van der Waals surface area (Å²) in [5, 5.41) is 0. The van der Waals surface area contributed by atoms with Crippen LogP contribution in [0.2, 0.25) is 0 Å². The summed E-state index contributed by atoms with van der Waals surface area (Å²) in [6, 6.07) is 1.09. The van der Waals surface area contributed by atoms with Gasteiger partial charge in [0.15, 0.2) is 23.3 Å². The number of hydrazine groups is 1. The minimum absolute atomic E-state index is 0.119. The van der Waals surface area contributed by atoms with Crippen molar-refractivity contribution >= 4 is 11.6 Å². The molecular formula is C12H18F2N4. The summed E-state index contributed by atoms with van der Waals surface area (Å²) in [5.74, 6) is 3.84. The summed E-state index contributed by atoms with van der Waals surface area (Å²) in [6.07, 6.45) is 4.07. The minimum atomic E-state index is -0.774. The highest BCUT2D eigenvalue weighted by Gasteiger charge is 2.25. The van der Waals surface area contributed by atoms with E-state index in [9.17, 15) is 8.78 Å². The number of hydrogen-bond acceptors (Lipinski definition) is 4. The van der Waals surface area contributed by atoms with Crippen LogP contribution in [0.4, 0.5) is 20.4 Å². The van der Waals surface area contributed by atoms with Crippen molar-refractivity contribution in [3.8, 4) is 0 Å². The van der Waals surface area contributed by atoms with Gasteiger partial charge in [-0.3, -0.25) is 0 Å². The molecule has 0 aromatic carbocycles. The van der Waals surface area contributed by atoms with Crippen molar-refractivity contribution in [2.75, 3.05) is 16.9 Å². The van der Waals surface area contributed by atoms with Gasteiger partial charge in [0.1, 0.15) is 0 Å². The number of hydrogen-bond donors (Lipinski definition) is 2. The number of rotatable bonds is 3. The summed E-state index contributed by atoms with van der Waals surface area (Å²) < 4.78 is 27.2. The third kappa shape index (κ3) is 2.38. The zero-order chi connectivity index (χ0) is 13.1. The number of nitrogens with two attached hydrogens (primary N) is 1. The van der Waals surface area contributed by atoms with Crippen LogP contribution in [0.3, 0.4) is 0 Å². The molecule has 1 aliphatic rings. The number of anilines is 2. The van der Waals surface area contributed by atoms with Gasteiger partial charge in [0.05, 0.1) is 0 Å². The standard InChI is InChI=1S/C12H18F2N4/c1-2-8-5-3-4-6-18(8)12-10(14)7-9(13)11(16-12)17-15/h7-8H,2-6,15H2,1H3,(H,16,17). The first-order valence-electron chi connectivity index (χ1n) is 6.26. The van der Waals surface area contributed by atoms with Crippen LogP contribution in [0.15, 0.2) is 6.07 Å². The summed E-state index contributed by atoms with van der Waals surface area (Å²) in [5.41, 5.74) is 2.16. The van der Waals surface area contributed by atoms with Crippen LogP contribution in [-0.2, 0) is 0 Å². The summed E-state index contributed by atoms with van der Waals surface area (Å²) in [4.78, 5) is 5.87. The van der Waals surface area contributed by atoms with Crippen molar-refractivity contribution < 1.29 is 8.78 Å². The molecule has 1 aromatic heterocycles. The Bertz CT molecular complexity index is 425. The highest BCUT2D eigenvalue weighted by Crippen LogP contribution is 2.29. The Morgan fingerprint density at radius 3 is 2.89 bits per heavy atom. The molecule has 0 amide bonds. The lowest BCUT2D eigenvalue weighted by Crippen LogP contribution is -2.40. The molecule has 4 nitrogen and oxygen atoms in total. The number of halogens is 2. The summed E-state index contributed by atoms with van der Waals surface area (Å²) in [6.45, 7) is 2.81. The number of nitrogen functional groups attached to an aromatic ring is 1. The molecule has 100 valence electrons. The van der Waals surface area contributed by atoms with Gasteiger partial charge in [-0.25, -0.2) is 19.6 Å². The second kappa shape index (κ2) is 5.48. The maximum atomic E-state index is 13.8. The first-order chi connectivity index (χ1) is 8.67. The summed E-state index contributed by atoms with van der Waals surface area (Å²) in [7, 11) is 0. The van der Waals surface area contributed by atoms with Crippen LogP contribution in [0, 0.1) is 11.6 Å². The molecule has 1 unspecified atom stereocenters. The Hall–Kier alpha value is -1.43. The van der Waals surface area contributed by atoms with Gasteiger partial charge in [-0.2, -0.15) is 0 Å². The van der Waals surface area contributed by atoms with Gasteiger partial charge in [0.2, 0.25) is 0 Å². The fourth-order valence-electron chi connectivity index (χ4n) is 2.46. The molecule has 0 saturated carbocycles. The fraction of sp³-hybridized carbons (Fsp3) is 0.583. The molecule has 1 atom stereocenters. The van der Waals surface area contributed by atoms with Crippen LogP contribution in [-0.4, -0.2) is 17.6 Å². The second-order valence-electron chi connectivity index (χ2n) is 4.52. The third-order valence-electron chi connectivity index (χ3n) is 3.42. The fourth-order valence-corrected chi connectivity index (χ4v) is 2.46. The molecule has 3 N–H and O–H groups in total. The van der Waals surface area contributed by atoms with Crippen molar-refractivity contribution in [1.29, 1.82) is 0 Å². The Labute approximate surface area is 105 Å². The Morgan fingerprint density at radius 2 is 2.22 bits per heavy atom. The van der Waals surface area contributed by atoms with Crippen LogP contribution in [0.1, 0.15) is 32.6 Å². The second-order valence-corrected chi connectivity index (χ2v) is 4.52. The van der Waals surface area contributed by atoms with Crippen molar-refractivity contribution in [3.05, 3.63) is 17.7 Å². The molecule has 1 fully saturated rings. The van der Waals surface area contributed by atoms with Gasteiger partial charge < -0.3 is 10.3 Å². The lowest BCUT2D eigenvalue weighted by atomic mass is 10.00. The van der Waals surface area contributed by atoms with Crippen molar-refractivity contribution in [2.24, 2.45) is 5.84 Å². The summed E-state index contributed by atoms with van der Waals surface area (Å²) >= 11 is 0. The maximum absolute atomic E-state index is 13.8. The number of piperidine rings is 1. The predicted molar refractivity (Wildman–Crippen MR) is 67.2 cm³/mol. The molecule has 0 bridgehead atoms. The Balaban J connectivity index is 2.36. The van der Waals surface area contributed by atoms with Gasteiger partial charge in [0, 0.05) is 18.7 Å². The lowest BCUT2D eigenvalue weighted by Gasteiger charge is -2.36. The first-order valence-corrected chi connectivity index (χ1v) is 6.26. The van der Waals surface area contributed by atoms with Crippen LogP contribution in [0.5, 0.6) is 0 Å². The van der Waals surface area contributed by atoms with E-state index in [0.717, 1.165) is 38.3 Å². The molecule has 2 heterocycles. The molecule has 1 aromatic rings. The van der Waals surface area contributed by atoms with Crippen molar-refractivity contribution in [2.45, 2.75) is 38.6 Å². The molecular weight excluding hydrogens is 238 g/mol. The minimum Gasteiger partial charge on any atom is -0.351 e.